The van der Waals surface area contributed by atoms with E-state index in [2.05, 4.69) is 21.9 Å². The minimum atomic E-state index is -0.222. The predicted octanol–water partition coefficient (Wildman–Crippen LogP) is 0.892. The number of ether oxygens (including phenoxy) is 1. The summed E-state index contributed by atoms with van der Waals surface area (Å²) in [6.45, 7) is 2.71. The Morgan fingerprint density at radius 3 is 3.16 bits per heavy atom. The number of amides is 1. The fourth-order valence-corrected chi connectivity index (χ4v) is 1.74. The van der Waals surface area contributed by atoms with Crippen LogP contribution < -0.4 is 10.6 Å². The molecule has 0 aliphatic carbocycles. The molecule has 1 aliphatic heterocycles. The maximum atomic E-state index is 11.8. The lowest BCUT2D eigenvalue weighted by Gasteiger charge is -2.13. The Morgan fingerprint density at radius 2 is 2.47 bits per heavy atom. The van der Waals surface area contributed by atoms with E-state index in [0.29, 0.717) is 18.9 Å². The second-order valence-corrected chi connectivity index (χ2v) is 4.11. The van der Waals surface area contributed by atoms with Crippen molar-refractivity contribution in [1.82, 2.24) is 15.8 Å². The zero-order valence-corrected chi connectivity index (χ0v) is 11.6. The molecule has 1 aliphatic rings. The van der Waals surface area contributed by atoms with E-state index in [1.165, 1.54) is 5.57 Å². The lowest BCUT2D eigenvalue weighted by molar-refractivity contribution is 0.0947. The molecule has 1 amide bonds. The molecule has 6 nitrogen and oxygen atoms in total. The summed E-state index contributed by atoms with van der Waals surface area (Å²) in [5.74, 6) is 0.323. The lowest BCUT2D eigenvalue weighted by atomic mass is 10.1. The second kappa shape index (κ2) is 7.93. The Labute approximate surface area is 118 Å². The minimum absolute atomic E-state index is 0. The van der Waals surface area contributed by atoms with Crippen molar-refractivity contribution in [2.75, 3.05) is 26.7 Å². The van der Waals surface area contributed by atoms with E-state index in [4.69, 9.17) is 9.26 Å². The van der Waals surface area contributed by atoms with E-state index >= 15 is 0 Å². The highest BCUT2D eigenvalue weighted by Gasteiger charge is 2.13. The average Bonchev–Trinajstić information content (AvgIpc) is 2.86. The molecule has 0 radical (unpaired) electrons. The Balaban J connectivity index is 0.00000180. The topological polar surface area (TPSA) is 76.4 Å². The predicted molar refractivity (Wildman–Crippen MR) is 72.4 cm³/mol. The summed E-state index contributed by atoms with van der Waals surface area (Å²) < 4.78 is 9.85. The number of carbonyl (C=O) groups excluding carboxylic acids is 1. The number of rotatable bonds is 5. The third-order valence-electron chi connectivity index (χ3n) is 2.71. The number of halogens is 1. The minimum Gasteiger partial charge on any atom is -0.377 e. The van der Waals surface area contributed by atoms with Gasteiger partial charge in [0.2, 0.25) is 0 Å². The smallest absolute Gasteiger partial charge is 0.273 e. The summed E-state index contributed by atoms with van der Waals surface area (Å²) in [6, 6.07) is 1.59. The first-order valence-corrected chi connectivity index (χ1v) is 5.91. The van der Waals surface area contributed by atoms with Crippen LogP contribution in [0.3, 0.4) is 0 Å². The van der Waals surface area contributed by atoms with Gasteiger partial charge in [0.15, 0.2) is 11.5 Å². The first-order chi connectivity index (χ1) is 8.79. The molecule has 0 spiro atoms. The Bertz CT molecular complexity index is 445. The van der Waals surface area contributed by atoms with Gasteiger partial charge < -0.3 is 19.9 Å². The standard InChI is InChI=1S/C12H17N3O3.ClH/c1-17-8-10-6-11(15-18-10)12(16)14-7-9-2-4-13-5-3-9;/h2,6,13H,3-5,7-8H2,1H3,(H,14,16);1H. The molecular formula is C12H18ClN3O3. The maximum Gasteiger partial charge on any atom is 0.273 e. The number of aromatic nitrogens is 1. The van der Waals surface area contributed by atoms with E-state index < -0.39 is 0 Å². The van der Waals surface area contributed by atoms with Gasteiger partial charge in [0.1, 0.15) is 6.61 Å². The molecule has 0 unspecified atom stereocenters. The molecule has 1 aromatic heterocycles. The molecule has 19 heavy (non-hydrogen) atoms. The van der Waals surface area contributed by atoms with Crippen LogP contribution in [0.2, 0.25) is 0 Å². The normalized spacial score (nSPS) is 14.5. The van der Waals surface area contributed by atoms with Crippen molar-refractivity contribution in [3.63, 3.8) is 0 Å². The van der Waals surface area contributed by atoms with Gasteiger partial charge in [0.25, 0.3) is 5.91 Å². The Hall–Kier alpha value is -1.37. The zero-order chi connectivity index (χ0) is 12.8. The van der Waals surface area contributed by atoms with E-state index in [9.17, 15) is 4.79 Å². The van der Waals surface area contributed by atoms with Crippen molar-refractivity contribution >= 4 is 18.3 Å². The molecule has 106 valence electrons. The maximum absolute atomic E-state index is 11.8. The highest BCUT2D eigenvalue weighted by Crippen LogP contribution is 2.06. The summed E-state index contributed by atoms with van der Waals surface area (Å²) in [4.78, 5) is 11.8. The van der Waals surface area contributed by atoms with Crippen LogP contribution in [0.1, 0.15) is 22.7 Å². The number of nitrogens with one attached hydrogen (secondary N) is 2. The van der Waals surface area contributed by atoms with Crippen molar-refractivity contribution in [2.24, 2.45) is 0 Å². The highest BCUT2D eigenvalue weighted by atomic mass is 35.5. The molecule has 0 saturated heterocycles. The van der Waals surface area contributed by atoms with E-state index in [0.717, 1.165) is 19.5 Å². The number of nitrogens with zero attached hydrogens (tertiary/aromatic N) is 1. The van der Waals surface area contributed by atoms with E-state index in [1.54, 1.807) is 13.2 Å². The third kappa shape index (κ3) is 4.66. The zero-order valence-electron chi connectivity index (χ0n) is 10.8. The fourth-order valence-electron chi connectivity index (χ4n) is 1.74. The quantitative estimate of drug-likeness (QED) is 0.787. The summed E-state index contributed by atoms with van der Waals surface area (Å²) >= 11 is 0. The molecule has 2 N–H and O–H groups in total. The number of carbonyl (C=O) groups is 1. The Morgan fingerprint density at radius 1 is 1.63 bits per heavy atom. The molecule has 7 heteroatoms. The average molecular weight is 288 g/mol. The summed E-state index contributed by atoms with van der Waals surface area (Å²) in [7, 11) is 1.56. The third-order valence-corrected chi connectivity index (χ3v) is 2.71. The van der Waals surface area contributed by atoms with Crippen LogP contribution in [0.4, 0.5) is 0 Å². The van der Waals surface area contributed by atoms with Gasteiger partial charge in [0.05, 0.1) is 0 Å². The van der Waals surface area contributed by atoms with Crippen molar-refractivity contribution in [2.45, 2.75) is 13.0 Å². The molecule has 2 heterocycles. The largest absolute Gasteiger partial charge is 0.377 e. The van der Waals surface area contributed by atoms with Crippen LogP contribution in [-0.4, -0.2) is 37.8 Å². The molecule has 0 saturated carbocycles. The number of methoxy groups -OCH3 is 1. The van der Waals surface area contributed by atoms with Crippen LogP contribution >= 0.6 is 12.4 Å². The monoisotopic (exact) mass is 287 g/mol. The summed E-state index contributed by atoms with van der Waals surface area (Å²) in [5, 5.41) is 9.75. The number of hydrogen-bond acceptors (Lipinski definition) is 5. The molecule has 0 bridgehead atoms. The van der Waals surface area contributed by atoms with Gasteiger partial charge in [-0.1, -0.05) is 16.8 Å². The summed E-state index contributed by atoms with van der Waals surface area (Å²) in [5.41, 5.74) is 1.53. The van der Waals surface area contributed by atoms with Crippen molar-refractivity contribution in [3.05, 3.63) is 29.2 Å². The molecule has 0 fully saturated rings. The van der Waals surface area contributed by atoms with Crippen LogP contribution in [0, 0.1) is 0 Å². The van der Waals surface area contributed by atoms with Gasteiger partial charge in [-0.25, -0.2) is 0 Å². The van der Waals surface area contributed by atoms with Crippen molar-refractivity contribution < 1.29 is 14.1 Å². The van der Waals surface area contributed by atoms with Crippen molar-refractivity contribution in [1.29, 1.82) is 0 Å². The highest BCUT2D eigenvalue weighted by molar-refractivity contribution is 5.92. The Kier molecular flexibility index (Phi) is 6.55. The lowest BCUT2D eigenvalue weighted by Crippen LogP contribution is -2.29. The van der Waals surface area contributed by atoms with Gasteiger partial charge in [-0.2, -0.15) is 0 Å². The van der Waals surface area contributed by atoms with Crippen LogP contribution in [0.25, 0.3) is 0 Å². The molecule has 0 aromatic carbocycles. The van der Waals surface area contributed by atoms with Gasteiger partial charge in [0, 0.05) is 26.3 Å². The molecule has 1 aromatic rings. The summed E-state index contributed by atoms with van der Waals surface area (Å²) in [6.07, 6.45) is 3.07. The number of hydrogen-bond donors (Lipinski definition) is 2. The van der Waals surface area contributed by atoms with Crippen LogP contribution in [-0.2, 0) is 11.3 Å². The van der Waals surface area contributed by atoms with Gasteiger partial charge >= 0.3 is 0 Å². The van der Waals surface area contributed by atoms with Gasteiger partial charge in [-0.3, -0.25) is 4.79 Å². The van der Waals surface area contributed by atoms with Gasteiger partial charge in [-0.05, 0) is 13.0 Å². The molecular weight excluding hydrogens is 270 g/mol. The molecule has 2 rings (SSSR count). The molecule has 0 atom stereocenters. The van der Waals surface area contributed by atoms with Crippen LogP contribution in [0.15, 0.2) is 22.2 Å². The van der Waals surface area contributed by atoms with E-state index in [1.807, 2.05) is 0 Å². The van der Waals surface area contributed by atoms with E-state index in [-0.39, 0.29) is 24.0 Å². The first-order valence-electron chi connectivity index (χ1n) is 5.91. The first kappa shape index (κ1) is 15.7. The van der Waals surface area contributed by atoms with Crippen molar-refractivity contribution in [3.8, 4) is 0 Å². The second-order valence-electron chi connectivity index (χ2n) is 4.11. The SMILES string of the molecule is COCc1cc(C(=O)NCC2=CCNCC2)no1.Cl. The van der Waals surface area contributed by atoms with Gasteiger partial charge in [-0.15, -0.1) is 12.4 Å². The van der Waals surface area contributed by atoms with Crippen LogP contribution in [0.5, 0.6) is 0 Å². The fraction of sp³-hybridized carbons (Fsp3) is 0.500.